The maximum Gasteiger partial charge on any atom is 0.410 e. The first kappa shape index (κ1) is 14.9. The quantitative estimate of drug-likeness (QED) is 0.858. The van der Waals surface area contributed by atoms with Crippen LogP contribution >= 0.6 is 0 Å². The number of rotatable bonds is 1. The van der Waals surface area contributed by atoms with Crippen LogP contribution in [0.25, 0.3) is 0 Å². The number of nitrogens with zero attached hydrogens (tertiary/aromatic N) is 1. The summed E-state index contributed by atoms with van der Waals surface area (Å²) in [4.78, 5) is 14.0. The van der Waals surface area contributed by atoms with E-state index in [9.17, 15) is 9.90 Å². The summed E-state index contributed by atoms with van der Waals surface area (Å²) in [6.07, 6.45) is 0.603. The van der Waals surface area contributed by atoms with Crippen LogP contribution in [0.3, 0.4) is 0 Å². The molecule has 1 saturated heterocycles. The fraction of sp³-hybridized carbons (Fsp3) is 0.562. The second-order valence-electron chi connectivity index (χ2n) is 6.24. The van der Waals surface area contributed by atoms with Crippen LogP contribution in [0.2, 0.25) is 0 Å². The molecule has 20 heavy (non-hydrogen) atoms. The molecular formula is C16H23NO3. The molecule has 1 heterocycles. The Bertz CT molecular complexity index is 453. The molecule has 2 atom stereocenters. The topological polar surface area (TPSA) is 49.8 Å². The van der Waals surface area contributed by atoms with Gasteiger partial charge in [-0.05, 0) is 39.2 Å². The van der Waals surface area contributed by atoms with Gasteiger partial charge in [0.05, 0.1) is 12.1 Å². The Labute approximate surface area is 120 Å². The van der Waals surface area contributed by atoms with E-state index in [0.717, 1.165) is 12.0 Å². The summed E-state index contributed by atoms with van der Waals surface area (Å²) in [6, 6.07) is 9.33. The Morgan fingerprint density at radius 1 is 1.30 bits per heavy atom. The van der Waals surface area contributed by atoms with E-state index in [4.69, 9.17) is 4.74 Å². The molecule has 1 unspecified atom stereocenters. The highest BCUT2D eigenvalue weighted by atomic mass is 16.6. The second-order valence-corrected chi connectivity index (χ2v) is 6.24. The number of carbonyl (C=O) groups is 1. The smallest absolute Gasteiger partial charge is 0.410 e. The van der Waals surface area contributed by atoms with Crippen molar-refractivity contribution in [2.45, 2.75) is 51.4 Å². The average Bonchev–Trinajstić information content (AvgIpc) is 2.37. The van der Waals surface area contributed by atoms with Crippen LogP contribution in [0.5, 0.6) is 0 Å². The Balaban J connectivity index is 2.23. The maximum absolute atomic E-state index is 12.3. The number of hydrogen-bond donors (Lipinski definition) is 1. The highest BCUT2D eigenvalue weighted by molar-refractivity contribution is 5.69. The van der Waals surface area contributed by atoms with Crippen molar-refractivity contribution in [3.63, 3.8) is 0 Å². The van der Waals surface area contributed by atoms with E-state index in [0.29, 0.717) is 13.0 Å². The van der Waals surface area contributed by atoms with Crippen LogP contribution in [-0.2, 0) is 4.74 Å². The summed E-state index contributed by atoms with van der Waals surface area (Å²) in [5.74, 6) is 0. The lowest BCUT2D eigenvalue weighted by Crippen LogP contribution is -2.47. The number of hydrogen-bond acceptors (Lipinski definition) is 3. The van der Waals surface area contributed by atoms with E-state index >= 15 is 0 Å². The minimum absolute atomic E-state index is 0.320. The van der Waals surface area contributed by atoms with Crippen molar-refractivity contribution in [1.29, 1.82) is 0 Å². The third-order valence-corrected chi connectivity index (χ3v) is 3.37. The minimum Gasteiger partial charge on any atom is -0.444 e. The first-order valence-corrected chi connectivity index (χ1v) is 7.11. The van der Waals surface area contributed by atoms with Crippen molar-refractivity contribution in [3.8, 4) is 0 Å². The molecule has 4 nitrogen and oxygen atoms in total. The molecule has 1 N–H and O–H groups in total. The standard InChI is InChI=1S/C16H23NO3/c1-16(2,3)20-15(19)17-11-7-10-13(18)14(17)12-8-5-4-6-9-12/h4-6,8-9,13-14,18H,7,10-11H2,1-3H3/t13-,14?/m0/s1. The second kappa shape index (κ2) is 5.83. The molecule has 0 saturated carbocycles. The van der Waals surface area contributed by atoms with Crippen LogP contribution in [-0.4, -0.2) is 34.3 Å². The number of piperidine rings is 1. The van der Waals surface area contributed by atoms with Gasteiger partial charge in [0.25, 0.3) is 0 Å². The average molecular weight is 277 g/mol. The summed E-state index contributed by atoms with van der Waals surface area (Å²) in [5, 5.41) is 10.3. The summed E-state index contributed by atoms with van der Waals surface area (Å²) in [7, 11) is 0. The van der Waals surface area contributed by atoms with Gasteiger partial charge in [0.15, 0.2) is 0 Å². The molecule has 1 aromatic rings. The van der Waals surface area contributed by atoms with Crippen LogP contribution < -0.4 is 0 Å². The third-order valence-electron chi connectivity index (χ3n) is 3.37. The van der Waals surface area contributed by atoms with E-state index in [-0.39, 0.29) is 12.1 Å². The predicted molar refractivity (Wildman–Crippen MR) is 77.4 cm³/mol. The van der Waals surface area contributed by atoms with Gasteiger partial charge in [-0.15, -0.1) is 0 Å². The highest BCUT2D eigenvalue weighted by Crippen LogP contribution is 2.32. The van der Waals surface area contributed by atoms with Crippen LogP contribution in [0, 0.1) is 0 Å². The van der Waals surface area contributed by atoms with Crippen molar-refractivity contribution in [2.75, 3.05) is 6.54 Å². The molecule has 1 aromatic carbocycles. The van der Waals surface area contributed by atoms with Gasteiger partial charge in [0, 0.05) is 6.54 Å². The van der Waals surface area contributed by atoms with Crippen molar-refractivity contribution >= 4 is 6.09 Å². The fourth-order valence-electron chi connectivity index (χ4n) is 2.55. The number of aliphatic hydroxyl groups is 1. The molecule has 1 aliphatic heterocycles. The van der Waals surface area contributed by atoms with Crippen molar-refractivity contribution < 1.29 is 14.6 Å². The van der Waals surface area contributed by atoms with E-state index in [2.05, 4.69) is 0 Å². The first-order chi connectivity index (χ1) is 9.38. The number of likely N-dealkylation sites (tertiary alicyclic amines) is 1. The lowest BCUT2D eigenvalue weighted by atomic mass is 9.93. The lowest BCUT2D eigenvalue weighted by molar-refractivity contribution is -0.0239. The van der Waals surface area contributed by atoms with E-state index in [1.54, 1.807) is 4.90 Å². The van der Waals surface area contributed by atoms with Gasteiger partial charge in [0.2, 0.25) is 0 Å². The van der Waals surface area contributed by atoms with Crippen molar-refractivity contribution in [3.05, 3.63) is 35.9 Å². The molecule has 0 aliphatic carbocycles. The van der Waals surface area contributed by atoms with E-state index in [1.807, 2.05) is 51.1 Å². The monoisotopic (exact) mass is 277 g/mol. The molecule has 0 spiro atoms. The molecule has 4 heteroatoms. The molecular weight excluding hydrogens is 254 g/mol. The molecule has 0 aromatic heterocycles. The minimum atomic E-state index is -0.543. The number of aliphatic hydroxyl groups excluding tert-OH is 1. The van der Waals surface area contributed by atoms with Gasteiger partial charge in [-0.3, -0.25) is 4.90 Å². The van der Waals surface area contributed by atoms with Crippen molar-refractivity contribution in [1.82, 2.24) is 4.90 Å². The summed E-state index contributed by atoms with van der Waals surface area (Å²) >= 11 is 0. The Morgan fingerprint density at radius 2 is 1.95 bits per heavy atom. The Morgan fingerprint density at radius 3 is 2.55 bits per heavy atom. The Hall–Kier alpha value is -1.55. The normalized spacial score (nSPS) is 23.5. The molecule has 1 fully saturated rings. The molecule has 0 bridgehead atoms. The van der Waals surface area contributed by atoms with Gasteiger partial charge in [-0.1, -0.05) is 30.3 Å². The van der Waals surface area contributed by atoms with Crippen molar-refractivity contribution in [2.24, 2.45) is 0 Å². The van der Waals surface area contributed by atoms with Gasteiger partial charge in [0.1, 0.15) is 5.60 Å². The number of amides is 1. The summed E-state index contributed by atoms with van der Waals surface area (Å²) in [6.45, 7) is 6.17. The first-order valence-electron chi connectivity index (χ1n) is 7.11. The van der Waals surface area contributed by atoms with Crippen LogP contribution in [0.1, 0.15) is 45.2 Å². The van der Waals surface area contributed by atoms with Crippen LogP contribution in [0.4, 0.5) is 4.79 Å². The number of ether oxygens (including phenoxy) is 1. The predicted octanol–water partition coefficient (Wildman–Crippen LogP) is 3.12. The summed E-state index contributed by atoms with van der Waals surface area (Å²) in [5.41, 5.74) is 0.423. The summed E-state index contributed by atoms with van der Waals surface area (Å²) < 4.78 is 5.45. The molecule has 1 aliphatic rings. The third kappa shape index (κ3) is 3.51. The van der Waals surface area contributed by atoms with Gasteiger partial charge < -0.3 is 9.84 Å². The maximum atomic E-state index is 12.3. The highest BCUT2D eigenvalue weighted by Gasteiger charge is 2.36. The molecule has 0 radical (unpaired) electrons. The Kier molecular flexibility index (Phi) is 4.33. The zero-order chi connectivity index (χ0) is 14.8. The number of benzene rings is 1. The fourth-order valence-corrected chi connectivity index (χ4v) is 2.55. The lowest BCUT2D eigenvalue weighted by Gasteiger charge is -2.39. The zero-order valence-electron chi connectivity index (χ0n) is 12.4. The molecule has 110 valence electrons. The molecule has 1 amide bonds. The van der Waals surface area contributed by atoms with Gasteiger partial charge in [-0.2, -0.15) is 0 Å². The van der Waals surface area contributed by atoms with Crippen LogP contribution in [0.15, 0.2) is 30.3 Å². The van der Waals surface area contributed by atoms with Gasteiger partial charge in [-0.25, -0.2) is 4.79 Å². The largest absolute Gasteiger partial charge is 0.444 e. The SMILES string of the molecule is CC(C)(C)OC(=O)N1CCC[C@H](O)C1c1ccccc1. The number of carbonyl (C=O) groups excluding carboxylic acids is 1. The zero-order valence-corrected chi connectivity index (χ0v) is 12.4. The van der Waals surface area contributed by atoms with Gasteiger partial charge >= 0.3 is 6.09 Å². The van der Waals surface area contributed by atoms with E-state index in [1.165, 1.54) is 0 Å². The molecule has 2 rings (SSSR count). The van der Waals surface area contributed by atoms with E-state index < -0.39 is 11.7 Å².